The summed E-state index contributed by atoms with van der Waals surface area (Å²) >= 11 is 0. The Morgan fingerprint density at radius 1 is 0.453 bits per heavy atom. The lowest BCUT2D eigenvalue weighted by Crippen LogP contribution is -2.67. The zero-order valence-electron chi connectivity index (χ0n) is 38.2. The van der Waals surface area contributed by atoms with Crippen LogP contribution in [0, 0.1) is 0 Å². The van der Waals surface area contributed by atoms with E-state index in [-0.39, 0.29) is 46.7 Å². The van der Waals surface area contributed by atoms with Gasteiger partial charge in [-0.2, -0.15) is 0 Å². The second-order valence-corrected chi connectivity index (χ2v) is 31.3. The van der Waals surface area contributed by atoms with Crippen LogP contribution in [0.4, 0.5) is 0 Å². The molecule has 4 aliphatic rings. The maximum absolute atomic E-state index is 7.31. The minimum absolute atomic E-state index is 0.0469. The molecule has 0 saturated carbocycles. The lowest BCUT2D eigenvalue weighted by atomic mass is 10.1. The molecule has 8 rings (SSSR count). The van der Waals surface area contributed by atoms with Gasteiger partial charge in [-0.25, -0.2) is 12.9 Å². The topological polar surface area (TPSA) is 102 Å². The molecule has 16 heteroatoms. The van der Waals surface area contributed by atoms with E-state index < -0.39 is 42.4 Å². The lowest BCUT2D eigenvalue weighted by Gasteiger charge is -2.43. The van der Waals surface area contributed by atoms with Gasteiger partial charge in [0.2, 0.25) is 0 Å². The molecule has 0 aromatic heterocycles. The monoisotopic (exact) mass is 966 g/mol. The highest BCUT2D eigenvalue weighted by Crippen LogP contribution is 2.74. The molecule has 4 fully saturated rings. The fourth-order valence-corrected chi connectivity index (χ4v) is 23.5. The molecule has 0 amide bonds. The van der Waals surface area contributed by atoms with E-state index in [4.69, 9.17) is 49.6 Å². The fraction of sp³-hybridized carbons (Fsp3) is 0.500. The van der Waals surface area contributed by atoms with E-state index in [1.807, 2.05) is 0 Å². The molecule has 4 unspecified atom stereocenters. The van der Waals surface area contributed by atoms with Crippen LogP contribution in [-0.4, -0.2) is 86.3 Å². The molecular formula is C48H65O11P3Si2. The van der Waals surface area contributed by atoms with Crippen LogP contribution in [0.1, 0.15) is 74.1 Å². The van der Waals surface area contributed by atoms with Gasteiger partial charge in [0.05, 0.1) is 37.6 Å². The van der Waals surface area contributed by atoms with Gasteiger partial charge >= 0.3 is 25.8 Å². The van der Waals surface area contributed by atoms with Crippen LogP contribution >= 0.6 is 25.8 Å². The third-order valence-corrected chi connectivity index (χ3v) is 27.2. The summed E-state index contributed by atoms with van der Waals surface area (Å²) in [7, 11) is -11.5. The molecule has 0 aliphatic carbocycles. The third-order valence-electron chi connectivity index (χ3n) is 12.7. The van der Waals surface area contributed by atoms with Gasteiger partial charge in [0, 0.05) is 39.1 Å². The molecule has 0 spiro atoms. The van der Waals surface area contributed by atoms with Crippen LogP contribution in [0.3, 0.4) is 0 Å². The predicted molar refractivity (Wildman–Crippen MR) is 259 cm³/mol. The van der Waals surface area contributed by atoms with Crippen LogP contribution in [0.25, 0.3) is 0 Å². The molecule has 0 N–H and O–H groups in total. The van der Waals surface area contributed by atoms with Crippen LogP contribution in [-0.2, 0) is 49.6 Å². The molecule has 4 aliphatic heterocycles. The first-order valence-corrected chi connectivity index (χ1v) is 29.8. The van der Waals surface area contributed by atoms with Crippen molar-refractivity contribution in [2.45, 2.75) is 121 Å². The van der Waals surface area contributed by atoms with E-state index in [1.165, 1.54) is 20.7 Å². The van der Waals surface area contributed by atoms with Crippen LogP contribution in [0.15, 0.2) is 121 Å². The summed E-state index contributed by atoms with van der Waals surface area (Å²) in [5, 5.41) is 4.47. The van der Waals surface area contributed by atoms with E-state index in [1.54, 1.807) is 0 Å². The number of hydrogen-bond acceptors (Lipinski definition) is 11. The van der Waals surface area contributed by atoms with E-state index in [2.05, 4.69) is 170 Å². The second kappa shape index (κ2) is 21.6. The van der Waals surface area contributed by atoms with Crippen LogP contribution in [0.2, 0.25) is 10.1 Å². The zero-order chi connectivity index (χ0) is 44.8. The Balaban J connectivity index is 0.992. The first kappa shape index (κ1) is 48.6. The first-order chi connectivity index (χ1) is 30.9. The molecule has 9 atom stereocenters. The molecule has 0 radical (unpaired) electrons. The summed E-state index contributed by atoms with van der Waals surface area (Å²) in [4.78, 5) is 0. The molecule has 64 heavy (non-hydrogen) atoms. The Labute approximate surface area is 386 Å². The second-order valence-electron chi connectivity index (χ2n) is 18.8. The maximum atomic E-state index is 7.31. The van der Waals surface area contributed by atoms with Gasteiger partial charge in [-0.05, 0) is 37.2 Å². The van der Waals surface area contributed by atoms with Gasteiger partial charge < -0.3 is 36.6 Å². The highest BCUT2D eigenvalue weighted by atomic mass is 31.3. The van der Waals surface area contributed by atoms with Crippen molar-refractivity contribution in [1.29, 1.82) is 0 Å². The first-order valence-electron chi connectivity index (χ1n) is 22.7. The predicted octanol–water partition coefficient (Wildman–Crippen LogP) is 9.82. The van der Waals surface area contributed by atoms with Crippen molar-refractivity contribution in [3.8, 4) is 0 Å². The normalized spacial score (nSPS) is 28.1. The lowest BCUT2D eigenvalue weighted by molar-refractivity contribution is 0.00432. The summed E-state index contributed by atoms with van der Waals surface area (Å²) in [6.07, 6.45) is 1.26. The highest BCUT2D eigenvalue weighted by Gasteiger charge is 2.53. The third kappa shape index (κ3) is 10.7. The molecule has 346 valence electrons. The summed E-state index contributed by atoms with van der Waals surface area (Å²) in [5.41, 5.74) is 0. The molecule has 4 aromatic rings. The number of benzene rings is 4. The summed E-state index contributed by atoms with van der Waals surface area (Å²) in [6.45, 7) is 18.1. The largest absolute Gasteiger partial charge is 0.405 e. The Hall–Kier alpha value is -1.84. The summed E-state index contributed by atoms with van der Waals surface area (Å²) < 4.78 is 72.8. The summed E-state index contributed by atoms with van der Waals surface area (Å²) in [5.74, 6) is 0. The molecule has 0 bridgehead atoms. The van der Waals surface area contributed by atoms with E-state index in [0.717, 1.165) is 12.8 Å². The van der Waals surface area contributed by atoms with Crippen LogP contribution in [0.5, 0.6) is 0 Å². The highest BCUT2D eigenvalue weighted by molar-refractivity contribution is 7.69. The van der Waals surface area contributed by atoms with Gasteiger partial charge in [-0.15, -0.1) is 0 Å². The fourth-order valence-electron chi connectivity index (χ4n) is 9.53. The van der Waals surface area contributed by atoms with Gasteiger partial charge in [-0.3, -0.25) is 0 Å². The standard InChI is InChI=1S/C48H65O11P3Si2/c1-8-41-42(29-32-49-41)54-60-57-61(55-43-30-33-50-45(43)35-52-63(47(2,3)4,37-21-13-9-14-22-37)38-23-15-10-16-24-38)59-62(58-60)56-44-31-34-51-46(44)36-53-64(48(5,6)7,39-25-17-11-18-26-39)40-27-19-12-20-28-40/h9-28,41-46H,8,29-36H2,1-7H3/t41-,42-,43-,44?,45-,46-,60?,61?,62?/m1/s1. The maximum Gasteiger partial charge on any atom is 0.347 e. The van der Waals surface area contributed by atoms with Crippen LogP contribution < -0.4 is 20.7 Å². The molecule has 4 saturated heterocycles. The molecule has 4 heterocycles. The van der Waals surface area contributed by atoms with Crippen molar-refractivity contribution in [2.75, 3.05) is 33.0 Å². The summed E-state index contributed by atoms with van der Waals surface area (Å²) in [6, 6.07) is 42.6. The van der Waals surface area contributed by atoms with E-state index in [0.29, 0.717) is 45.9 Å². The molecular weight excluding hydrogens is 902 g/mol. The Kier molecular flexibility index (Phi) is 16.4. The van der Waals surface area contributed by atoms with Crippen molar-refractivity contribution >= 4 is 63.2 Å². The minimum Gasteiger partial charge on any atom is -0.405 e. The Morgan fingerprint density at radius 2 is 0.734 bits per heavy atom. The van der Waals surface area contributed by atoms with E-state index in [9.17, 15) is 0 Å². The van der Waals surface area contributed by atoms with Crippen molar-refractivity contribution < 1.29 is 49.6 Å². The van der Waals surface area contributed by atoms with Gasteiger partial charge in [0.15, 0.2) is 0 Å². The van der Waals surface area contributed by atoms with Crippen molar-refractivity contribution in [1.82, 2.24) is 0 Å². The average molecular weight is 967 g/mol. The average Bonchev–Trinajstić information content (AvgIpc) is 4.06. The van der Waals surface area contributed by atoms with Crippen molar-refractivity contribution in [2.24, 2.45) is 0 Å². The van der Waals surface area contributed by atoms with Gasteiger partial charge in [0.25, 0.3) is 16.6 Å². The minimum atomic E-state index is -2.83. The molecule has 11 nitrogen and oxygen atoms in total. The van der Waals surface area contributed by atoms with Crippen molar-refractivity contribution in [3.63, 3.8) is 0 Å². The number of hydrogen-bond donors (Lipinski definition) is 0. The quantitative estimate of drug-likeness (QED) is 0.0747. The number of ether oxygens (including phenoxy) is 3. The zero-order valence-corrected chi connectivity index (χ0v) is 42.9. The van der Waals surface area contributed by atoms with Gasteiger partial charge in [0.1, 0.15) is 12.2 Å². The van der Waals surface area contributed by atoms with Crippen molar-refractivity contribution in [3.05, 3.63) is 121 Å². The SMILES string of the molecule is CC[C@H]1OCC[C@H]1OP1OP(OC2CCO[C@@H]2CO[Si](c2ccccc2)(c2ccccc2)C(C)(C)C)OP(O[C@@H]2CCO[C@@H]2CO[Si](c2ccccc2)(c2ccccc2)C(C)(C)C)O1. The van der Waals surface area contributed by atoms with E-state index >= 15 is 0 Å². The Bertz CT molecular complexity index is 1820. The van der Waals surface area contributed by atoms with Gasteiger partial charge in [-0.1, -0.05) is 170 Å². The smallest absolute Gasteiger partial charge is 0.347 e. The Morgan fingerprint density at radius 3 is 1.02 bits per heavy atom. The molecule has 4 aromatic carbocycles. The number of rotatable bonds is 17.